The first-order chi connectivity index (χ1) is 10.6. The van der Waals surface area contributed by atoms with Crippen molar-refractivity contribution in [1.29, 1.82) is 0 Å². The molecule has 1 aliphatic rings. The molecule has 1 aliphatic heterocycles. The van der Waals surface area contributed by atoms with Gasteiger partial charge in [0.15, 0.2) is 0 Å². The Labute approximate surface area is 135 Å². The molecular weight excluding hydrogens is 296 g/mol. The molecule has 1 N–H and O–H groups in total. The summed E-state index contributed by atoms with van der Waals surface area (Å²) in [5, 5.41) is 3.35. The maximum atomic E-state index is 12.7. The molecule has 1 saturated heterocycles. The average molecular weight is 324 g/mol. The zero-order valence-electron chi connectivity index (χ0n) is 13.7. The highest BCUT2D eigenvalue weighted by Crippen LogP contribution is 2.23. The quantitative estimate of drug-likeness (QED) is 0.839. The van der Waals surface area contributed by atoms with Crippen LogP contribution in [0.25, 0.3) is 0 Å². The first kappa shape index (κ1) is 17.4. The van der Waals surface area contributed by atoms with Gasteiger partial charge in [0.05, 0.1) is 4.90 Å². The van der Waals surface area contributed by atoms with Gasteiger partial charge in [-0.15, -0.1) is 0 Å². The standard InChI is InChI=1S/C17H28N2O2S/c1-3-5-15-6-8-17(9-7-15)22(20,21)19-12-10-16(11-13-19)14-18-4-2/h6-9,16,18H,3-5,10-14H2,1-2H3. The molecule has 1 heterocycles. The molecule has 1 fully saturated rings. The van der Waals surface area contributed by atoms with Crippen LogP contribution in [0.1, 0.15) is 38.7 Å². The highest BCUT2D eigenvalue weighted by molar-refractivity contribution is 7.89. The van der Waals surface area contributed by atoms with Crippen LogP contribution in [-0.4, -0.2) is 38.9 Å². The Kier molecular flexibility index (Phi) is 6.41. The van der Waals surface area contributed by atoms with Crippen LogP contribution in [0.2, 0.25) is 0 Å². The summed E-state index contributed by atoms with van der Waals surface area (Å²) in [7, 11) is -3.32. The lowest BCUT2D eigenvalue weighted by Crippen LogP contribution is -2.40. The van der Waals surface area contributed by atoms with Crippen LogP contribution in [0, 0.1) is 5.92 Å². The van der Waals surface area contributed by atoms with Crippen molar-refractivity contribution in [1.82, 2.24) is 9.62 Å². The van der Waals surface area contributed by atoms with E-state index in [0.29, 0.717) is 23.9 Å². The second kappa shape index (κ2) is 8.09. The van der Waals surface area contributed by atoms with Crippen molar-refractivity contribution in [3.05, 3.63) is 29.8 Å². The molecule has 0 amide bonds. The van der Waals surface area contributed by atoms with Gasteiger partial charge in [0.25, 0.3) is 0 Å². The van der Waals surface area contributed by atoms with E-state index in [1.54, 1.807) is 16.4 Å². The number of nitrogens with one attached hydrogen (secondary N) is 1. The maximum absolute atomic E-state index is 12.7. The summed E-state index contributed by atoms with van der Waals surface area (Å²) < 4.78 is 27.0. The van der Waals surface area contributed by atoms with Gasteiger partial charge in [-0.05, 0) is 56.0 Å². The third-order valence-electron chi connectivity index (χ3n) is 4.36. The van der Waals surface area contributed by atoms with Crippen LogP contribution in [0.5, 0.6) is 0 Å². The van der Waals surface area contributed by atoms with Gasteiger partial charge in [-0.3, -0.25) is 0 Å². The lowest BCUT2D eigenvalue weighted by Gasteiger charge is -2.31. The maximum Gasteiger partial charge on any atom is 0.243 e. The molecule has 2 rings (SSSR count). The summed E-state index contributed by atoms with van der Waals surface area (Å²) >= 11 is 0. The Balaban J connectivity index is 1.99. The van der Waals surface area contributed by atoms with Gasteiger partial charge in [0.2, 0.25) is 10.0 Å². The summed E-state index contributed by atoms with van der Waals surface area (Å²) in [6.07, 6.45) is 3.96. The van der Waals surface area contributed by atoms with Crippen molar-refractivity contribution in [3.8, 4) is 0 Å². The van der Waals surface area contributed by atoms with E-state index < -0.39 is 10.0 Å². The Morgan fingerprint density at radius 1 is 1.14 bits per heavy atom. The molecule has 22 heavy (non-hydrogen) atoms. The number of nitrogens with zero attached hydrogens (tertiary/aromatic N) is 1. The van der Waals surface area contributed by atoms with E-state index >= 15 is 0 Å². The summed E-state index contributed by atoms with van der Waals surface area (Å²) in [5.41, 5.74) is 1.20. The summed E-state index contributed by atoms with van der Waals surface area (Å²) in [4.78, 5) is 0.428. The fourth-order valence-corrected chi connectivity index (χ4v) is 4.44. The lowest BCUT2D eigenvalue weighted by molar-refractivity contribution is 0.268. The number of hydrogen-bond donors (Lipinski definition) is 1. The highest BCUT2D eigenvalue weighted by atomic mass is 32.2. The Morgan fingerprint density at radius 2 is 1.77 bits per heavy atom. The minimum Gasteiger partial charge on any atom is -0.317 e. The summed E-state index contributed by atoms with van der Waals surface area (Å²) in [6.45, 7) is 7.47. The number of hydrogen-bond acceptors (Lipinski definition) is 3. The first-order valence-corrected chi connectivity index (χ1v) is 9.81. The van der Waals surface area contributed by atoms with E-state index in [9.17, 15) is 8.42 Å². The molecule has 0 unspecified atom stereocenters. The molecule has 0 spiro atoms. The first-order valence-electron chi connectivity index (χ1n) is 8.37. The molecule has 0 radical (unpaired) electrons. The molecule has 124 valence electrons. The smallest absolute Gasteiger partial charge is 0.243 e. The largest absolute Gasteiger partial charge is 0.317 e. The Morgan fingerprint density at radius 3 is 2.32 bits per heavy atom. The summed E-state index contributed by atoms with van der Waals surface area (Å²) in [6, 6.07) is 7.39. The van der Waals surface area contributed by atoms with Crippen molar-refractivity contribution in [2.75, 3.05) is 26.2 Å². The number of piperidine rings is 1. The van der Waals surface area contributed by atoms with Crippen molar-refractivity contribution >= 4 is 10.0 Å². The van der Waals surface area contributed by atoms with Crippen LogP contribution >= 0.6 is 0 Å². The van der Waals surface area contributed by atoms with Crippen molar-refractivity contribution in [3.63, 3.8) is 0 Å². The van der Waals surface area contributed by atoms with Gasteiger partial charge in [-0.2, -0.15) is 4.31 Å². The van der Waals surface area contributed by atoms with Crippen LogP contribution in [0.3, 0.4) is 0 Å². The molecule has 4 nitrogen and oxygen atoms in total. The number of rotatable bonds is 7. The minimum absolute atomic E-state index is 0.428. The third-order valence-corrected chi connectivity index (χ3v) is 6.27. The Hall–Kier alpha value is -0.910. The van der Waals surface area contributed by atoms with Crippen LogP contribution in [-0.2, 0) is 16.4 Å². The van der Waals surface area contributed by atoms with Crippen molar-refractivity contribution < 1.29 is 8.42 Å². The SMILES string of the molecule is CCCc1ccc(S(=O)(=O)N2CCC(CNCC)CC2)cc1. The molecule has 0 atom stereocenters. The second-order valence-electron chi connectivity index (χ2n) is 6.05. The molecular formula is C17H28N2O2S. The number of sulfonamides is 1. The minimum atomic E-state index is -3.32. The van der Waals surface area contributed by atoms with E-state index in [2.05, 4.69) is 19.2 Å². The monoisotopic (exact) mass is 324 g/mol. The van der Waals surface area contributed by atoms with Gasteiger partial charge in [-0.1, -0.05) is 32.4 Å². The van der Waals surface area contributed by atoms with Crippen LogP contribution in [0.4, 0.5) is 0 Å². The normalized spacial score (nSPS) is 17.7. The zero-order chi connectivity index (χ0) is 16.0. The average Bonchev–Trinajstić information content (AvgIpc) is 2.54. The zero-order valence-corrected chi connectivity index (χ0v) is 14.5. The third kappa shape index (κ3) is 4.31. The molecule has 0 aliphatic carbocycles. The van der Waals surface area contributed by atoms with E-state index in [-0.39, 0.29) is 0 Å². The predicted molar refractivity (Wildman–Crippen MR) is 90.5 cm³/mol. The van der Waals surface area contributed by atoms with Crippen LogP contribution < -0.4 is 5.32 Å². The second-order valence-corrected chi connectivity index (χ2v) is 7.99. The lowest BCUT2D eigenvalue weighted by atomic mass is 9.98. The van der Waals surface area contributed by atoms with Crippen LogP contribution in [0.15, 0.2) is 29.2 Å². The number of aryl methyl sites for hydroxylation is 1. The van der Waals surface area contributed by atoms with Gasteiger partial charge in [0.1, 0.15) is 0 Å². The van der Waals surface area contributed by atoms with E-state index in [1.807, 2.05) is 12.1 Å². The van der Waals surface area contributed by atoms with Gasteiger partial charge >= 0.3 is 0 Å². The highest BCUT2D eigenvalue weighted by Gasteiger charge is 2.29. The fourth-order valence-electron chi connectivity index (χ4n) is 2.97. The van der Waals surface area contributed by atoms with Gasteiger partial charge in [0, 0.05) is 13.1 Å². The molecule has 1 aromatic carbocycles. The van der Waals surface area contributed by atoms with Crippen molar-refractivity contribution in [2.24, 2.45) is 5.92 Å². The topological polar surface area (TPSA) is 49.4 Å². The van der Waals surface area contributed by atoms with Gasteiger partial charge < -0.3 is 5.32 Å². The molecule has 0 bridgehead atoms. The molecule has 5 heteroatoms. The Bertz CT molecular complexity index is 547. The fraction of sp³-hybridized carbons (Fsp3) is 0.647. The summed E-state index contributed by atoms with van der Waals surface area (Å²) in [5.74, 6) is 0.596. The molecule has 0 saturated carbocycles. The number of benzene rings is 1. The van der Waals surface area contributed by atoms with E-state index in [4.69, 9.17) is 0 Å². The molecule has 0 aromatic heterocycles. The molecule has 1 aromatic rings. The predicted octanol–water partition coefficient (Wildman–Crippen LogP) is 2.65. The van der Waals surface area contributed by atoms with Crippen molar-refractivity contribution in [2.45, 2.75) is 44.4 Å². The van der Waals surface area contributed by atoms with Gasteiger partial charge in [-0.25, -0.2) is 8.42 Å². The van der Waals surface area contributed by atoms with E-state index in [1.165, 1.54) is 5.56 Å². The van der Waals surface area contributed by atoms with E-state index in [0.717, 1.165) is 38.8 Å².